The number of alkyl halides is 1. The van der Waals surface area contributed by atoms with Crippen LogP contribution in [-0.4, -0.2) is 47.9 Å². The third-order valence-corrected chi connectivity index (χ3v) is 7.16. The van der Waals surface area contributed by atoms with Crippen molar-refractivity contribution >= 4 is 21.7 Å². The molecule has 0 spiro atoms. The SMILES string of the molecule is N#Cc1cnc(Nc2ccc(S(=O)(=O)NC3CC(F)C3)cc2)nc1O[C@@H]1CCCC[C@@H]1O. The summed E-state index contributed by atoms with van der Waals surface area (Å²) in [6, 6.07) is 7.58. The van der Waals surface area contributed by atoms with E-state index in [1.54, 1.807) is 12.1 Å². The zero-order valence-electron chi connectivity index (χ0n) is 17.2. The van der Waals surface area contributed by atoms with Crippen LogP contribution in [0.2, 0.25) is 0 Å². The molecule has 0 radical (unpaired) electrons. The average molecular weight is 462 g/mol. The molecule has 0 amide bonds. The summed E-state index contributed by atoms with van der Waals surface area (Å²) in [6.45, 7) is 0. The van der Waals surface area contributed by atoms with Gasteiger partial charge in [0.1, 0.15) is 23.9 Å². The van der Waals surface area contributed by atoms with Crippen molar-refractivity contribution in [3.8, 4) is 11.9 Å². The van der Waals surface area contributed by atoms with E-state index in [0.29, 0.717) is 18.5 Å². The molecule has 11 heteroatoms. The summed E-state index contributed by atoms with van der Waals surface area (Å²) in [5.74, 6) is 0.257. The van der Waals surface area contributed by atoms with Crippen LogP contribution < -0.4 is 14.8 Å². The lowest BCUT2D eigenvalue weighted by atomic mass is 9.92. The van der Waals surface area contributed by atoms with E-state index in [2.05, 4.69) is 20.0 Å². The fraction of sp³-hybridized carbons (Fsp3) is 0.476. The Morgan fingerprint density at radius 2 is 1.91 bits per heavy atom. The topological polar surface area (TPSA) is 137 Å². The molecule has 170 valence electrons. The quantitative estimate of drug-likeness (QED) is 0.572. The Labute approximate surface area is 185 Å². The van der Waals surface area contributed by atoms with Gasteiger partial charge in [-0.3, -0.25) is 0 Å². The first-order valence-electron chi connectivity index (χ1n) is 10.5. The number of aromatic nitrogens is 2. The standard InChI is InChI=1S/C21H24FN5O4S/c22-14-9-16(10-14)27-32(29,30)17-7-5-15(6-8-17)25-21-24-12-13(11-23)20(26-21)31-19-4-2-1-3-18(19)28/h5-8,12,14,16,18-19,27-28H,1-4,9-10H2,(H,24,25,26)/t14?,16?,18-,19+/m0/s1. The van der Waals surface area contributed by atoms with E-state index >= 15 is 0 Å². The lowest BCUT2D eigenvalue weighted by Crippen LogP contribution is -2.45. The lowest BCUT2D eigenvalue weighted by Gasteiger charge is -2.29. The highest BCUT2D eigenvalue weighted by Gasteiger charge is 2.32. The van der Waals surface area contributed by atoms with Gasteiger partial charge in [0.25, 0.3) is 0 Å². The molecule has 32 heavy (non-hydrogen) atoms. The second-order valence-electron chi connectivity index (χ2n) is 8.07. The summed E-state index contributed by atoms with van der Waals surface area (Å²) in [7, 11) is -3.73. The van der Waals surface area contributed by atoms with E-state index in [1.165, 1.54) is 18.3 Å². The number of nitrogens with zero attached hydrogens (tertiary/aromatic N) is 3. The monoisotopic (exact) mass is 461 g/mol. The minimum Gasteiger partial charge on any atom is -0.471 e. The molecule has 2 aliphatic carbocycles. The van der Waals surface area contributed by atoms with E-state index in [1.807, 2.05) is 6.07 Å². The second-order valence-corrected chi connectivity index (χ2v) is 9.78. The number of sulfonamides is 1. The van der Waals surface area contributed by atoms with Gasteiger partial charge in [-0.15, -0.1) is 0 Å². The van der Waals surface area contributed by atoms with E-state index in [4.69, 9.17) is 4.74 Å². The first-order valence-corrected chi connectivity index (χ1v) is 12.0. The summed E-state index contributed by atoms with van der Waals surface area (Å²) >= 11 is 0. The number of anilines is 2. The summed E-state index contributed by atoms with van der Waals surface area (Å²) in [4.78, 5) is 8.43. The van der Waals surface area contributed by atoms with Crippen molar-refractivity contribution in [3.05, 3.63) is 36.0 Å². The Kier molecular flexibility index (Phi) is 6.55. The van der Waals surface area contributed by atoms with Crippen molar-refractivity contribution in [2.24, 2.45) is 0 Å². The molecule has 1 aromatic heterocycles. The van der Waals surface area contributed by atoms with Crippen molar-refractivity contribution in [2.45, 2.75) is 67.8 Å². The first-order chi connectivity index (χ1) is 15.3. The molecule has 1 aromatic carbocycles. The first kappa shape index (κ1) is 22.4. The second kappa shape index (κ2) is 9.36. The van der Waals surface area contributed by atoms with Crippen LogP contribution in [0.3, 0.4) is 0 Å². The van der Waals surface area contributed by atoms with E-state index in [9.17, 15) is 23.2 Å². The van der Waals surface area contributed by atoms with E-state index < -0.39 is 28.4 Å². The van der Waals surface area contributed by atoms with Crippen molar-refractivity contribution < 1.29 is 22.7 Å². The zero-order valence-corrected chi connectivity index (χ0v) is 18.1. The average Bonchev–Trinajstić information content (AvgIpc) is 2.75. The van der Waals surface area contributed by atoms with Gasteiger partial charge < -0.3 is 15.2 Å². The number of rotatable bonds is 7. The van der Waals surface area contributed by atoms with Gasteiger partial charge in [0.05, 0.1) is 17.2 Å². The molecule has 3 N–H and O–H groups in total. The Balaban J connectivity index is 1.45. The fourth-order valence-corrected chi connectivity index (χ4v) is 4.99. The van der Waals surface area contributed by atoms with E-state index in [-0.39, 0.29) is 41.2 Å². The molecule has 2 saturated carbocycles. The predicted molar refractivity (Wildman–Crippen MR) is 114 cm³/mol. The molecule has 2 aromatic rings. The molecule has 2 aliphatic rings. The Hall–Kier alpha value is -2.81. The number of hydrogen-bond acceptors (Lipinski definition) is 8. The van der Waals surface area contributed by atoms with Gasteiger partial charge in [-0.1, -0.05) is 6.42 Å². The van der Waals surface area contributed by atoms with Gasteiger partial charge in [0.15, 0.2) is 0 Å². The van der Waals surface area contributed by atoms with Crippen LogP contribution >= 0.6 is 0 Å². The van der Waals surface area contributed by atoms with Crippen LogP contribution in [-0.2, 0) is 10.0 Å². The van der Waals surface area contributed by atoms with Crippen LogP contribution in [0.25, 0.3) is 0 Å². The Morgan fingerprint density at radius 1 is 1.19 bits per heavy atom. The maximum atomic E-state index is 12.9. The summed E-state index contributed by atoms with van der Waals surface area (Å²) in [5.41, 5.74) is 0.692. The summed E-state index contributed by atoms with van der Waals surface area (Å²) < 4.78 is 46.0. The van der Waals surface area contributed by atoms with Crippen LogP contribution in [0, 0.1) is 11.3 Å². The Bertz CT molecular complexity index is 1100. The largest absolute Gasteiger partial charge is 0.471 e. The molecule has 2 fully saturated rings. The van der Waals surface area contributed by atoms with Gasteiger partial charge in [0.2, 0.25) is 21.9 Å². The third kappa shape index (κ3) is 5.15. The predicted octanol–water partition coefficient (Wildman–Crippen LogP) is 2.55. The molecular formula is C21H24FN5O4S. The number of halogens is 1. The van der Waals surface area contributed by atoms with Crippen molar-refractivity contribution in [1.29, 1.82) is 5.26 Å². The van der Waals surface area contributed by atoms with Crippen LogP contribution in [0.5, 0.6) is 5.88 Å². The molecule has 0 aliphatic heterocycles. The number of nitriles is 1. The normalized spacial score (nSPS) is 25.4. The number of aliphatic hydroxyl groups excluding tert-OH is 1. The minimum atomic E-state index is -3.73. The molecule has 0 saturated heterocycles. The maximum Gasteiger partial charge on any atom is 0.240 e. The number of aliphatic hydroxyl groups is 1. The van der Waals surface area contributed by atoms with Gasteiger partial charge in [0, 0.05) is 11.7 Å². The molecular weight excluding hydrogens is 437 g/mol. The van der Waals surface area contributed by atoms with Crippen LogP contribution in [0.15, 0.2) is 35.4 Å². The van der Waals surface area contributed by atoms with Crippen LogP contribution in [0.1, 0.15) is 44.1 Å². The molecule has 0 unspecified atom stereocenters. The van der Waals surface area contributed by atoms with E-state index in [0.717, 1.165) is 12.8 Å². The molecule has 2 atom stereocenters. The third-order valence-electron chi connectivity index (χ3n) is 5.63. The Morgan fingerprint density at radius 3 is 2.56 bits per heavy atom. The highest BCUT2D eigenvalue weighted by Crippen LogP contribution is 2.27. The van der Waals surface area contributed by atoms with Crippen LogP contribution in [0.4, 0.5) is 16.0 Å². The van der Waals surface area contributed by atoms with Gasteiger partial charge in [-0.05, 0) is 56.4 Å². The smallest absolute Gasteiger partial charge is 0.240 e. The van der Waals surface area contributed by atoms with Crippen molar-refractivity contribution in [1.82, 2.24) is 14.7 Å². The van der Waals surface area contributed by atoms with Gasteiger partial charge in [-0.2, -0.15) is 10.2 Å². The highest BCUT2D eigenvalue weighted by atomic mass is 32.2. The zero-order chi connectivity index (χ0) is 22.7. The molecule has 9 nitrogen and oxygen atoms in total. The summed E-state index contributed by atoms with van der Waals surface area (Å²) in [6.07, 6.45) is 2.90. The number of ether oxygens (including phenoxy) is 1. The molecule has 1 heterocycles. The summed E-state index contributed by atoms with van der Waals surface area (Å²) in [5, 5.41) is 22.4. The lowest BCUT2D eigenvalue weighted by molar-refractivity contribution is 0.00436. The molecule has 0 bridgehead atoms. The number of benzene rings is 1. The fourth-order valence-electron chi connectivity index (χ4n) is 3.73. The van der Waals surface area contributed by atoms with Crippen molar-refractivity contribution in [2.75, 3.05) is 5.32 Å². The highest BCUT2D eigenvalue weighted by molar-refractivity contribution is 7.89. The van der Waals surface area contributed by atoms with Gasteiger partial charge in [-0.25, -0.2) is 22.5 Å². The molecule has 4 rings (SSSR count). The van der Waals surface area contributed by atoms with Crippen molar-refractivity contribution in [3.63, 3.8) is 0 Å². The maximum absolute atomic E-state index is 12.9. The van der Waals surface area contributed by atoms with Gasteiger partial charge >= 0.3 is 0 Å². The number of nitrogens with one attached hydrogen (secondary N) is 2. The number of hydrogen-bond donors (Lipinski definition) is 3. The minimum absolute atomic E-state index is 0.0708.